The van der Waals surface area contributed by atoms with Crippen LogP contribution in [0.1, 0.15) is 46.5 Å². The molecule has 0 bridgehead atoms. The van der Waals surface area contributed by atoms with Crippen LogP contribution in [0.15, 0.2) is 12.4 Å². The van der Waals surface area contributed by atoms with Crippen LogP contribution in [0.25, 0.3) is 0 Å². The van der Waals surface area contributed by atoms with Crippen LogP contribution in [0.2, 0.25) is 0 Å². The van der Waals surface area contributed by atoms with Crippen molar-refractivity contribution < 1.29 is 9.53 Å². The Bertz CT molecular complexity index is 487. The van der Waals surface area contributed by atoms with Crippen LogP contribution in [-0.4, -0.2) is 46.5 Å². The van der Waals surface area contributed by atoms with Crippen molar-refractivity contribution in [3.8, 4) is 0 Å². The summed E-state index contributed by atoms with van der Waals surface area (Å²) < 4.78 is 7.70. The maximum absolute atomic E-state index is 12.4. The Labute approximate surface area is 139 Å². The molecular formula is C17H30N4O2. The first-order valence-electron chi connectivity index (χ1n) is 8.78. The molecule has 1 aliphatic heterocycles. The predicted octanol–water partition coefficient (Wildman–Crippen LogP) is 3.35. The molecule has 1 saturated heterocycles. The van der Waals surface area contributed by atoms with Crippen molar-refractivity contribution in [2.45, 2.75) is 59.1 Å². The third-order valence-corrected chi connectivity index (χ3v) is 3.96. The summed E-state index contributed by atoms with van der Waals surface area (Å²) in [6.45, 7) is 9.62. The standard InChI is InChI=1S/C17H30N4O2/c1-4-10-23-16-6-5-8-20(9-7-16)17(22)19-15-11-18-21(13-15)12-14(2)3/h11,13-14,16H,4-10,12H2,1-3H3,(H,19,22). The lowest BCUT2D eigenvalue weighted by Crippen LogP contribution is -2.35. The van der Waals surface area contributed by atoms with Crippen LogP contribution in [0.4, 0.5) is 10.5 Å². The Morgan fingerprint density at radius 2 is 2.26 bits per heavy atom. The summed E-state index contributed by atoms with van der Waals surface area (Å²) in [7, 11) is 0. The predicted molar refractivity (Wildman–Crippen MR) is 91.5 cm³/mol. The molecule has 1 aromatic heterocycles. The SMILES string of the molecule is CCCOC1CCCN(C(=O)Nc2cnn(CC(C)C)c2)CC1. The zero-order valence-electron chi connectivity index (χ0n) is 14.6. The molecule has 130 valence electrons. The second-order valence-electron chi connectivity index (χ2n) is 6.69. The van der Waals surface area contributed by atoms with Gasteiger partial charge in [-0.1, -0.05) is 20.8 Å². The normalized spacial score (nSPS) is 19.0. The Hall–Kier alpha value is -1.56. The molecule has 2 amide bonds. The van der Waals surface area contributed by atoms with Crippen molar-refractivity contribution in [1.29, 1.82) is 0 Å². The van der Waals surface area contributed by atoms with E-state index in [1.807, 2.05) is 15.8 Å². The van der Waals surface area contributed by atoms with Crippen molar-refractivity contribution in [3.63, 3.8) is 0 Å². The van der Waals surface area contributed by atoms with Gasteiger partial charge in [-0.15, -0.1) is 0 Å². The van der Waals surface area contributed by atoms with E-state index >= 15 is 0 Å². The molecule has 1 atom stereocenters. The van der Waals surface area contributed by atoms with E-state index in [4.69, 9.17) is 4.74 Å². The van der Waals surface area contributed by atoms with Crippen LogP contribution in [0.3, 0.4) is 0 Å². The molecule has 1 aliphatic rings. The van der Waals surface area contributed by atoms with Gasteiger partial charge in [-0.3, -0.25) is 4.68 Å². The van der Waals surface area contributed by atoms with Gasteiger partial charge in [0.1, 0.15) is 0 Å². The summed E-state index contributed by atoms with van der Waals surface area (Å²) in [6.07, 6.45) is 7.89. The van der Waals surface area contributed by atoms with Gasteiger partial charge in [0.2, 0.25) is 0 Å². The summed E-state index contributed by atoms with van der Waals surface area (Å²) in [5, 5.41) is 7.24. The van der Waals surface area contributed by atoms with Crippen molar-refractivity contribution in [2.75, 3.05) is 25.0 Å². The van der Waals surface area contributed by atoms with Gasteiger partial charge >= 0.3 is 6.03 Å². The molecule has 1 N–H and O–H groups in total. The topological polar surface area (TPSA) is 59.4 Å². The second kappa shape index (κ2) is 8.91. The van der Waals surface area contributed by atoms with E-state index in [9.17, 15) is 4.79 Å². The molecule has 1 unspecified atom stereocenters. The lowest BCUT2D eigenvalue weighted by atomic mass is 10.2. The number of carbonyl (C=O) groups is 1. The number of anilines is 1. The Morgan fingerprint density at radius 3 is 3.00 bits per heavy atom. The highest BCUT2D eigenvalue weighted by molar-refractivity contribution is 5.89. The number of amides is 2. The molecule has 2 heterocycles. The number of likely N-dealkylation sites (tertiary alicyclic amines) is 1. The number of aromatic nitrogens is 2. The molecule has 0 saturated carbocycles. The van der Waals surface area contributed by atoms with Crippen LogP contribution in [0, 0.1) is 5.92 Å². The van der Waals surface area contributed by atoms with E-state index in [0.717, 1.165) is 57.6 Å². The van der Waals surface area contributed by atoms with E-state index in [-0.39, 0.29) is 6.03 Å². The number of nitrogens with one attached hydrogen (secondary N) is 1. The van der Waals surface area contributed by atoms with Gasteiger partial charge in [0, 0.05) is 32.4 Å². The first-order valence-corrected chi connectivity index (χ1v) is 8.78. The van der Waals surface area contributed by atoms with Crippen molar-refractivity contribution in [1.82, 2.24) is 14.7 Å². The third-order valence-electron chi connectivity index (χ3n) is 3.96. The van der Waals surface area contributed by atoms with Crippen molar-refractivity contribution >= 4 is 11.7 Å². The minimum atomic E-state index is -0.0368. The number of hydrogen-bond acceptors (Lipinski definition) is 3. The average molecular weight is 322 g/mol. The van der Waals surface area contributed by atoms with E-state index in [2.05, 4.69) is 31.2 Å². The zero-order chi connectivity index (χ0) is 16.7. The highest BCUT2D eigenvalue weighted by Gasteiger charge is 2.21. The molecule has 23 heavy (non-hydrogen) atoms. The molecule has 0 aliphatic carbocycles. The minimum Gasteiger partial charge on any atom is -0.378 e. The summed E-state index contributed by atoms with van der Waals surface area (Å²) in [4.78, 5) is 14.3. The van der Waals surface area contributed by atoms with E-state index in [1.54, 1.807) is 6.20 Å². The van der Waals surface area contributed by atoms with Crippen LogP contribution >= 0.6 is 0 Å². The summed E-state index contributed by atoms with van der Waals surface area (Å²) in [5.74, 6) is 0.532. The molecule has 2 rings (SSSR count). The van der Waals surface area contributed by atoms with Crippen molar-refractivity contribution in [2.24, 2.45) is 5.92 Å². The maximum Gasteiger partial charge on any atom is 0.321 e. The Balaban J connectivity index is 1.82. The van der Waals surface area contributed by atoms with Gasteiger partial charge < -0.3 is 15.0 Å². The minimum absolute atomic E-state index is 0.0368. The third kappa shape index (κ3) is 5.86. The molecule has 0 spiro atoms. The number of nitrogens with zero attached hydrogens (tertiary/aromatic N) is 3. The first-order chi connectivity index (χ1) is 11.1. The fraction of sp³-hybridized carbons (Fsp3) is 0.765. The molecule has 6 heteroatoms. The second-order valence-corrected chi connectivity index (χ2v) is 6.69. The average Bonchev–Trinajstić information content (AvgIpc) is 2.80. The number of ether oxygens (including phenoxy) is 1. The monoisotopic (exact) mass is 322 g/mol. The highest BCUT2D eigenvalue weighted by Crippen LogP contribution is 2.16. The fourth-order valence-electron chi connectivity index (χ4n) is 2.82. The maximum atomic E-state index is 12.4. The van der Waals surface area contributed by atoms with Gasteiger partial charge in [-0.05, 0) is 31.6 Å². The molecule has 1 fully saturated rings. The van der Waals surface area contributed by atoms with E-state index in [0.29, 0.717) is 12.0 Å². The molecule has 6 nitrogen and oxygen atoms in total. The van der Waals surface area contributed by atoms with Gasteiger partial charge in [-0.2, -0.15) is 5.10 Å². The Kier molecular flexibility index (Phi) is 6.89. The number of hydrogen-bond donors (Lipinski definition) is 1. The lowest BCUT2D eigenvalue weighted by molar-refractivity contribution is 0.0446. The fourth-order valence-corrected chi connectivity index (χ4v) is 2.82. The largest absolute Gasteiger partial charge is 0.378 e. The number of rotatable bonds is 6. The Morgan fingerprint density at radius 1 is 1.43 bits per heavy atom. The van der Waals surface area contributed by atoms with Crippen LogP contribution in [0.5, 0.6) is 0 Å². The van der Waals surface area contributed by atoms with E-state index < -0.39 is 0 Å². The zero-order valence-corrected chi connectivity index (χ0v) is 14.6. The molecule has 0 aromatic carbocycles. The van der Waals surface area contributed by atoms with Gasteiger partial charge in [0.25, 0.3) is 0 Å². The quantitative estimate of drug-likeness (QED) is 0.873. The lowest BCUT2D eigenvalue weighted by Gasteiger charge is -2.20. The smallest absolute Gasteiger partial charge is 0.321 e. The first kappa shape index (κ1) is 17.8. The van der Waals surface area contributed by atoms with E-state index in [1.165, 1.54) is 0 Å². The van der Waals surface area contributed by atoms with Crippen LogP contribution in [-0.2, 0) is 11.3 Å². The van der Waals surface area contributed by atoms with Gasteiger partial charge in [-0.25, -0.2) is 4.79 Å². The van der Waals surface area contributed by atoms with Crippen LogP contribution < -0.4 is 5.32 Å². The van der Waals surface area contributed by atoms with Gasteiger partial charge in [0.05, 0.1) is 18.0 Å². The summed E-state index contributed by atoms with van der Waals surface area (Å²) in [5.41, 5.74) is 0.763. The molecule has 1 aromatic rings. The highest BCUT2D eigenvalue weighted by atomic mass is 16.5. The van der Waals surface area contributed by atoms with Gasteiger partial charge in [0.15, 0.2) is 0 Å². The summed E-state index contributed by atoms with van der Waals surface area (Å²) >= 11 is 0. The molecular weight excluding hydrogens is 292 g/mol. The van der Waals surface area contributed by atoms with Crippen molar-refractivity contribution in [3.05, 3.63) is 12.4 Å². The summed E-state index contributed by atoms with van der Waals surface area (Å²) in [6, 6.07) is -0.0368. The number of urea groups is 1. The number of carbonyl (C=O) groups excluding carboxylic acids is 1. The molecule has 0 radical (unpaired) electrons.